The highest BCUT2D eigenvalue weighted by Crippen LogP contribution is 2.43. The fraction of sp³-hybridized carbons (Fsp3) is 0.622. The predicted octanol–water partition coefficient (Wildman–Crippen LogP) is 10.6. The molecule has 0 bridgehead atoms. The van der Waals surface area contributed by atoms with Gasteiger partial charge in [0.2, 0.25) is 0 Å². The molecule has 0 aliphatic heterocycles. The summed E-state index contributed by atoms with van der Waals surface area (Å²) >= 11 is 0. The molecule has 0 radical (unpaired) electrons. The van der Waals surface area contributed by atoms with Crippen molar-refractivity contribution in [3.05, 3.63) is 81.9 Å². The maximum absolute atomic E-state index is 11.0. The smallest absolute Gasteiger partial charge is 0.303 e. The van der Waals surface area contributed by atoms with Gasteiger partial charge in [0.25, 0.3) is 0 Å². The Morgan fingerprint density at radius 2 is 1.14 bits per heavy atom. The molecule has 0 fully saturated rings. The molecule has 0 unspecified atom stereocenters. The predicted molar refractivity (Wildman–Crippen MR) is 180 cm³/mol. The van der Waals surface area contributed by atoms with Crippen molar-refractivity contribution in [1.82, 2.24) is 0 Å². The van der Waals surface area contributed by atoms with Crippen LogP contribution < -0.4 is 0 Å². The van der Waals surface area contributed by atoms with E-state index in [0.29, 0.717) is 6.42 Å². The molecule has 0 heterocycles. The first-order chi connectivity index (χ1) is 18.9. The standard InChI is InChI=1S/C37H59O4P/c1-26(25-41-42(38,39)40)17-15-14-16-18-29(30-21-19-27(34(2,3)4)23-32(30)36(8,9)10)31-22-20-28(35(5,6)7)24-33(31)37(11,12)13/h19-24,29H,1,14-18,25H2,2-13H3,(H2,38,39,40). The summed E-state index contributed by atoms with van der Waals surface area (Å²) in [5.41, 5.74) is 9.27. The Labute approximate surface area is 257 Å². The van der Waals surface area contributed by atoms with Crippen molar-refractivity contribution in [2.75, 3.05) is 6.61 Å². The average molecular weight is 599 g/mol. The molecule has 2 aromatic carbocycles. The van der Waals surface area contributed by atoms with E-state index >= 15 is 0 Å². The Bertz CT molecular complexity index is 1180. The van der Waals surface area contributed by atoms with Gasteiger partial charge >= 0.3 is 7.82 Å². The number of unbranched alkanes of at least 4 members (excludes halogenated alkanes) is 2. The number of rotatable bonds is 11. The molecule has 5 heteroatoms. The van der Waals surface area contributed by atoms with Crippen LogP contribution in [0.25, 0.3) is 0 Å². The third kappa shape index (κ3) is 10.8. The number of phosphoric ester groups is 1. The second-order valence-corrected chi connectivity index (χ2v) is 17.5. The molecule has 0 saturated heterocycles. The molecule has 4 nitrogen and oxygen atoms in total. The Morgan fingerprint density at radius 3 is 1.50 bits per heavy atom. The van der Waals surface area contributed by atoms with E-state index in [1.807, 2.05) is 0 Å². The quantitative estimate of drug-likeness (QED) is 0.153. The zero-order valence-electron chi connectivity index (χ0n) is 28.6. The molecule has 2 rings (SSSR count). The Kier molecular flexibility index (Phi) is 11.7. The summed E-state index contributed by atoms with van der Waals surface area (Å²) in [6.45, 7) is 31.5. The van der Waals surface area contributed by atoms with Gasteiger partial charge < -0.3 is 9.79 Å². The Balaban J connectivity index is 2.54. The molecular weight excluding hydrogens is 539 g/mol. The van der Waals surface area contributed by atoms with E-state index in [1.165, 1.54) is 33.4 Å². The summed E-state index contributed by atoms with van der Waals surface area (Å²) in [6.07, 6.45) is 4.71. The van der Waals surface area contributed by atoms with Crippen LogP contribution in [0.2, 0.25) is 0 Å². The summed E-state index contributed by atoms with van der Waals surface area (Å²) in [5, 5.41) is 0. The van der Waals surface area contributed by atoms with E-state index in [4.69, 9.17) is 9.79 Å². The number of hydrogen-bond donors (Lipinski definition) is 2. The molecule has 0 saturated carbocycles. The zero-order valence-corrected chi connectivity index (χ0v) is 29.5. The first kappa shape index (κ1) is 36.5. The van der Waals surface area contributed by atoms with Crippen LogP contribution >= 0.6 is 7.82 Å². The lowest BCUT2D eigenvalue weighted by molar-refractivity contribution is 0.210. The molecule has 0 aromatic heterocycles. The van der Waals surface area contributed by atoms with Crippen molar-refractivity contribution in [2.24, 2.45) is 0 Å². The number of phosphoric acid groups is 1. The summed E-state index contributed by atoms with van der Waals surface area (Å²) in [4.78, 5) is 18.0. The van der Waals surface area contributed by atoms with Crippen LogP contribution in [-0.2, 0) is 30.7 Å². The monoisotopic (exact) mass is 598 g/mol. The summed E-state index contributed by atoms with van der Waals surface area (Å²) in [5.74, 6) is 0.262. The van der Waals surface area contributed by atoms with Crippen LogP contribution in [0.5, 0.6) is 0 Å². The second kappa shape index (κ2) is 13.5. The van der Waals surface area contributed by atoms with E-state index in [-0.39, 0.29) is 34.2 Å². The minimum Gasteiger partial charge on any atom is -0.303 e. The molecule has 0 aliphatic carbocycles. The molecule has 42 heavy (non-hydrogen) atoms. The van der Waals surface area contributed by atoms with E-state index in [9.17, 15) is 4.57 Å². The van der Waals surface area contributed by atoms with Gasteiger partial charge in [0.15, 0.2) is 0 Å². The molecular formula is C37H59O4P. The molecule has 0 spiro atoms. The minimum atomic E-state index is -4.47. The second-order valence-electron chi connectivity index (χ2n) is 16.3. The zero-order chi connectivity index (χ0) is 32.3. The third-order valence-corrected chi connectivity index (χ3v) is 8.63. The Morgan fingerprint density at radius 1 is 0.714 bits per heavy atom. The van der Waals surface area contributed by atoms with E-state index in [0.717, 1.165) is 31.3 Å². The van der Waals surface area contributed by atoms with Crippen molar-refractivity contribution in [3.8, 4) is 0 Å². The van der Waals surface area contributed by atoms with Gasteiger partial charge in [-0.05, 0) is 74.3 Å². The molecule has 236 valence electrons. The van der Waals surface area contributed by atoms with Gasteiger partial charge in [0, 0.05) is 5.92 Å². The van der Waals surface area contributed by atoms with Gasteiger partial charge in [-0.3, -0.25) is 4.52 Å². The first-order valence-corrected chi connectivity index (χ1v) is 17.1. The molecule has 0 atom stereocenters. The van der Waals surface area contributed by atoms with E-state index < -0.39 is 7.82 Å². The summed E-state index contributed by atoms with van der Waals surface area (Å²) in [6, 6.07) is 14.4. The van der Waals surface area contributed by atoms with Crippen molar-refractivity contribution < 1.29 is 18.9 Å². The third-order valence-electron chi connectivity index (χ3n) is 8.17. The lowest BCUT2D eigenvalue weighted by atomic mass is 9.70. The normalized spacial score (nSPS) is 13.6. The first-order valence-electron chi connectivity index (χ1n) is 15.6. The van der Waals surface area contributed by atoms with Crippen molar-refractivity contribution in [3.63, 3.8) is 0 Å². The van der Waals surface area contributed by atoms with Crippen LogP contribution in [0, 0.1) is 0 Å². The van der Waals surface area contributed by atoms with Crippen molar-refractivity contribution >= 4 is 7.82 Å². The Hall–Kier alpha value is -1.71. The molecule has 2 N–H and O–H groups in total. The van der Waals surface area contributed by atoms with Crippen molar-refractivity contribution in [2.45, 2.75) is 143 Å². The average Bonchev–Trinajstić information content (AvgIpc) is 2.81. The van der Waals surface area contributed by atoms with Crippen LogP contribution in [0.1, 0.15) is 154 Å². The molecule has 0 aliphatic rings. The van der Waals surface area contributed by atoms with Crippen LogP contribution in [0.4, 0.5) is 0 Å². The maximum Gasteiger partial charge on any atom is 0.469 e. The van der Waals surface area contributed by atoms with E-state index in [2.05, 4.69) is 131 Å². The van der Waals surface area contributed by atoms with Gasteiger partial charge in [0.1, 0.15) is 0 Å². The van der Waals surface area contributed by atoms with Crippen LogP contribution in [0.15, 0.2) is 48.6 Å². The molecule has 0 amide bonds. The van der Waals surface area contributed by atoms with Gasteiger partial charge in [-0.25, -0.2) is 4.57 Å². The van der Waals surface area contributed by atoms with E-state index in [1.54, 1.807) is 0 Å². The lowest BCUT2D eigenvalue weighted by Crippen LogP contribution is -2.23. The number of hydrogen-bond acceptors (Lipinski definition) is 2. The SMILES string of the molecule is C=C(CCCCCC(c1ccc(C(C)(C)C)cc1C(C)(C)C)c1ccc(C(C)(C)C)cc1C(C)(C)C)COP(=O)(O)O. The van der Waals surface area contributed by atoms with Gasteiger partial charge in [-0.2, -0.15) is 0 Å². The van der Waals surface area contributed by atoms with Crippen LogP contribution in [0.3, 0.4) is 0 Å². The maximum atomic E-state index is 11.0. The highest BCUT2D eigenvalue weighted by Gasteiger charge is 2.30. The summed E-state index contributed by atoms with van der Waals surface area (Å²) in [7, 11) is -4.47. The molecule has 2 aromatic rings. The largest absolute Gasteiger partial charge is 0.469 e. The highest BCUT2D eigenvalue weighted by molar-refractivity contribution is 7.46. The minimum absolute atomic E-state index is 0.00131. The highest BCUT2D eigenvalue weighted by atomic mass is 31.2. The van der Waals surface area contributed by atoms with Crippen molar-refractivity contribution in [1.29, 1.82) is 0 Å². The van der Waals surface area contributed by atoms with Gasteiger partial charge in [-0.1, -0.05) is 144 Å². The summed E-state index contributed by atoms with van der Waals surface area (Å²) < 4.78 is 15.7. The fourth-order valence-electron chi connectivity index (χ4n) is 5.58. The lowest BCUT2D eigenvalue weighted by Gasteiger charge is -2.34. The topological polar surface area (TPSA) is 66.8 Å². The van der Waals surface area contributed by atoms with Gasteiger partial charge in [0.05, 0.1) is 6.61 Å². The van der Waals surface area contributed by atoms with Crippen LogP contribution in [-0.4, -0.2) is 16.4 Å². The fourth-order valence-corrected chi connectivity index (χ4v) is 5.93. The van der Waals surface area contributed by atoms with Gasteiger partial charge in [-0.15, -0.1) is 0 Å². The number of benzene rings is 2.